The van der Waals surface area contributed by atoms with E-state index in [1.165, 1.54) is 0 Å². The van der Waals surface area contributed by atoms with Crippen LogP contribution >= 0.6 is 12.6 Å². The highest BCUT2D eigenvalue weighted by molar-refractivity contribution is 7.80. The van der Waals surface area contributed by atoms with Gasteiger partial charge in [-0.05, 0) is 12.1 Å². The summed E-state index contributed by atoms with van der Waals surface area (Å²) in [5.41, 5.74) is 1.00. The lowest BCUT2D eigenvalue weighted by atomic mass is 10.3. The van der Waals surface area contributed by atoms with E-state index in [2.05, 4.69) is 17.9 Å². The monoisotopic (exact) mass is 211 g/mol. The highest BCUT2D eigenvalue weighted by atomic mass is 32.1. The number of hydrogen-bond donors (Lipinski definition) is 2. The van der Waals surface area contributed by atoms with E-state index >= 15 is 0 Å². The zero-order valence-electron chi connectivity index (χ0n) is 7.82. The molecule has 14 heavy (non-hydrogen) atoms. The standard InChI is InChI=1S/C10H13NO2S/c14-7-11-8-2-3-9-10(6-8)13-5-1-4-12-9/h2-3,6,11,14H,1,4-5,7H2. The lowest BCUT2D eigenvalue weighted by molar-refractivity contribution is 0.297. The van der Waals surface area contributed by atoms with Gasteiger partial charge in [0.05, 0.1) is 19.1 Å². The Hall–Kier alpha value is -1.03. The van der Waals surface area contributed by atoms with Crippen molar-refractivity contribution in [2.24, 2.45) is 0 Å². The average molecular weight is 211 g/mol. The number of ether oxygens (including phenoxy) is 2. The van der Waals surface area contributed by atoms with Crippen molar-refractivity contribution in [3.8, 4) is 11.5 Å². The van der Waals surface area contributed by atoms with Crippen LogP contribution in [0.25, 0.3) is 0 Å². The second-order valence-electron chi connectivity index (χ2n) is 3.05. The largest absolute Gasteiger partial charge is 0.490 e. The topological polar surface area (TPSA) is 30.5 Å². The fraction of sp³-hybridized carbons (Fsp3) is 0.400. The molecule has 1 N–H and O–H groups in total. The highest BCUT2D eigenvalue weighted by Gasteiger charge is 2.09. The number of benzene rings is 1. The fourth-order valence-electron chi connectivity index (χ4n) is 1.36. The van der Waals surface area contributed by atoms with Crippen molar-refractivity contribution in [3.05, 3.63) is 18.2 Å². The molecule has 0 aliphatic carbocycles. The summed E-state index contributed by atoms with van der Waals surface area (Å²) in [6.07, 6.45) is 0.935. The molecule has 3 nitrogen and oxygen atoms in total. The molecule has 1 aliphatic rings. The number of anilines is 1. The Morgan fingerprint density at radius 1 is 1.21 bits per heavy atom. The zero-order chi connectivity index (χ0) is 9.80. The fourth-order valence-corrected chi connectivity index (χ4v) is 1.55. The smallest absolute Gasteiger partial charge is 0.163 e. The molecule has 0 fully saturated rings. The highest BCUT2D eigenvalue weighted by Crippen LogP contribution is 2.32. The van der Waals surface area contributed by atoms with Crippen LogP contribution in [0.1, 0.15) is 6.42 Å². The molecule has 0 atom stereocenters. The number of fused-ring (bicyclic) bond motifs is 1. The minimum Gasteiger partial charge on any atom is -0.490 e. The molecule has 4 heteroatoms. The Kier molecular flexibility index (Phi) is 3.03. The van der Waals surface area contributed by atoms with Crippen LogP contribution in [0.4, 0.5) is 5.69 Å². The van der Waals surface area contributed by atoms with Gasteiger partial charge in [0.2, 0.25) is 0 Å². The number of thiol groups is 1. The molecule has 0 saturated heterocycles. The van der Waals surface area contributed by atoms with Gasteiger partial charge in [-0.3, -0.25) is 0 Å². The summed E-state index contributed by atoms with van der Waals surface area (Å²) in [6.45, 7) is 1.45. The molecule has 2 rings (SSSR count). The first-order valence-corrected chi connectivity index (χ1v) is 5.28. The summed E-state index contributed by atoms with van der Waals surface area (Å²) in [5, 5.41) is 3.11. The van der Waals surface area contributed by atoms with E-state index in [1.807, 2.05) is 18.2 Å². The Bertz CT molecular complexity index is 317. The first-order chi connectivity index (χ1) is 6.90. The van der Waals surface area contributed by atoms with E-state index in [4.69, 9.17) is 9.47 Å². The first-order valence-electron chi connectivity index (χ1n) is 4.64. The molecule has 0 amide bonds. The van der Waals surface area contributed by atoms with Crippen LogP contribution in [0.3, 0.4) is 0 Å². The maximum absolute atomic E-state index is 5.55. The van der Waals surface area contributed by atoms with E-state index in [0.29, 0.717) is 5.88 Å². The molecule has 0 bridgehead atoms. The summed E-state index contributed by atoms with van der Waals surface area (Å²) in [5.74, 6) is 2.25. The van der Waals surface area contributed by atoms with E-state index in [-0.39, 0.29) is 0 Å². The lowest BCUT2D eigenvalue weighted by Gasteiger charge is -2.09. The molecule has 1 heterocycles. The van der Waals surface area contributed by atoms with Crippen molar-refractivity contribution in [2.45, 2.75) is 6.42 Å². The number of nitrogens with one attached hydrogen (secondary N) is 1. The van der Waals surface area contributed by atoms with E-state index in [9.17, 15) is 0 Å². The third kappa shape index (κ3) is 2.07. The molecule has 1 aromatic carbocycles. The molecular formula is C10H13NO2S. The first kappa shape index (κ1) is 9.52. The third-order valence-electron chi connectivity index (χ3n) is 2.03. The number of rotatable bonds is 2. The van der Waals surface area contributed by atoms with Gasteiger partial charge < -0.3 is 14.8 Å². The van der Waals surface area contributed by atoms with Crippen molar-refractivity contribution in [1.82, 2.24) is 0 Å². The second-order valence-corrected chi connectivity index (χ2v) is 3.36. The second kappa shape index (κ2) is 4.46. The van der Waals surface area contributed by atoms with Crippen molar-refractivity contribution in [1.29, 1.82) is 0 Å². The molecule has 0 spiro atoms. The predicted molar refractivity (Wildman–Crippen MR) is 59.5 cm³/mol. The summed E-state index contributed by atoms with van der Waals surface area (Å²) in [4.78, 5) is 0. The Morgan fingerprint density at radius 2 is 2.00 bits per heavy atom. The van der Waals surface area contributed by atoms with Gasteiger partial charge in [0, 0.05) is 18.2 Å². The maximum atomic E-state index is 5.55. The van der Waals surface area contributed by atoms with E-state index < -0.39 is 0 Å². The Balaban J connectivity index is 2.23. The molecule has 1 aliphatic heterocycles. The Labute approximate surface area is 88.8 Å². The molecule has 0 aromatic heterocycles. The van der Waals surface area contributed by atoms with Crippen molar-refractivity contribution >= 4 is 18.3 Å². The molecular weight excluding hydrogens is 198 g/mol. The van der Waals surface area contributed by atoms with E-state index in [0.717, 1.165) is 36.8 Å². The molecule has 0 saturated carbocycles. The lowest BCUT2D eigenvalue weighted by Crippen LogP contribution is -1.97. The van der Waals surface area contributed by atoms with Gasteiger partial charge in [0.25, 0.3) is 0 Å². The predicted octanol–water partition coefficient (Wildman–Crippen LogP) is 2.15. The minimum atomic E-state index is 0.611. The van der Waals surface area contributed by atoms with E-state index in [1.54, 1.807) is 0 Å². The van der Waals surface area contributed by atoms with Crippen molar-refractivity contribution < 1.29 is 9.47 Å². The molecule has 0 radical (unpaired) electrons. The van der Waals surface area contributed by atoms with Gasteiger partial charge in [0.1, 0.15) is 0 Å². The van der Waals surface area contributed by atoms with Crippen molar-refractivity contribution in [3.63, 3.8) is 0 Å². The van der Waals surface area contributed by atoms with Crippen LogP contribution in [0.2, 0.25) is 0 Å². The van der Waals surface area contributed by atoms with Crippen LogP contribution in [0.5, 0.6) is 11.5 Å². The average Bonchev–Trinajstić information content (AvgIpc) is 2.42. The quantitative estimate of drug-likeness (QED) is 0.580. The minimum absolute atomic E-state index is 0.611. The van der Waals surface area contributed by atoms with Crippen LogP contribution < -0.4 is 14.8 Å². The normalized spacial score (nSPS) is 14.6. The summed E-state index contributed by atoms with van der Waals surface area (Å²) in [6, 6.07) is 5.83. The van der Waals surface area contributed by atoms with Gasteiger partial charge in [-0.25, -0.2) is 0 Å². The molecule has 76 valence electrons. The summed E-state index contributed by atoms with van der Waals surface area (Å²) < 4.78 is 11.1. The van der Waals surface area contributed by atoms with Crippen LogP contribution in [-0.2, 0) is 0 Å². The van der Waals surface area contributed by atoms with Crippen LogP contribution in [0, 0.1) is 0 Å². The Morgan fingerprint density at radius 3 is 2.79 bits per heavy atom. The van der Waals surface area contributed by atoms with Gasteiger partial charge in [-0.1, -0.05) is 0 Å². The van der Waals surface area contributed by atoms with Gasteiger partial charge in [0.15, 0.2) is 11.5 Å². The maximum Gasteiger partial charge on any atom is 0.163 e. The van der Waals surface area contributed by atoms with Crippen LogP contribution in [0.15, 0.2) is 18.2 Å². The van der Waals surface area contributed by atoms with Gasteiger partial charge in [-0.15, -0.1) is 0 Å². The molecule has 1 aromatic rings. The zero-order valence-corrected chi connectivity index (χ0v) is 8.72. The third-order valence-corrected chi connectivity index (χ3v) is 2.19. The summed E-state index contributed by atoms with van der Waals surface area (Å²) >= 11 is 4.10. The number of hydrogen-bond acceptors (Lipinski definition) is 4. The van der Waals surface area contributed by atoms with Gasteiger partial charge >= 0.3 is 0 Å². The summed E-state index contributed by atoms with van der Waals surface area (Å²) in [7, 11) is 0. The SMILES string of the molecule is SCNc1ccc2c(c1)OCCCO2. The van der Waals surface area contributed by atoms with Crippen molar-refractivity contribution in [2.75, 3.05) is 24.4 Å². The molecule has 0 unspecified atom stereocenters. The van der Waals surface area contributed by atoms with Gasteiger partial charge in [-0.2, -0.15) is 12.6 Å². The van der Waals surface area contributed by atoms with Crippen LogP contribution in [-0.4, -0.2) is 19.1 Å².